The average molecular weight is 480 g/mol. The van der Waals surface area contributed by atoms with E-state index in [9.17, 15) is 13.2 Å². The molecule has 0 radical (unpaired) electrons. The van der Waals surface area contributed by atoms with Gasteiger partial charge in [-0.2, -0.15) is 0 Å². The summed E-state index contributed by atoms with van der Waals surface area (Å²) in [6.45, 7) is 6.28. The van der Waals surface area contributed by atoms with Gasteiger partial charge in [-0.05, 0) is 62.6 Å². The van der Waals surface area contributed by atoms with Gasteiger partial charge in [0.25, 0.3) is 5.91 Å². The Morgan fingerprint density at radius 2 is 1.81 bits per heavy atom. The van der Waals surface area contributed by atoms with Crippen LogP contribution < -0.4 is 14.8 Å². The summed E-state index contributed by atoms with van der Waals surface area (Å²) in [5.41, 5.74) is 1.04. The van der Waals surface area contributed by atoms with Crippen molar-refractivity contribution >= 4 is 27.5 Å². The number of sulfonamides is 1. The van der Waals surface area contributed by atoms with Crippen LogP contribution in [0, 0.1) is 0 Å². The Morgan fingerprint density at radius 1 is 1.16 bits per heavy atom. The highest BCUT2D eigenvalue weighted by atomic mass is 35.5. The second-order valence-electron chi connectivity index (χ2n) is 8.19. The number of likely N-dealkylation sites (tertiary alicyclic amines) is 1. The number of methoxy groups -OCH3 is 1. The SMILES string of the molecule is COc1ccc(C(=O)NC2CCN(C(C)C)CC2)cc1S(=O)(=O)NCc1ccc(Cl)cc1. The van der Waals surface area contributed by atoms with Crippen LogP contribution in [0.3, 0.4) is 0 Å². The molecule has 174 valence electrons. The number of benzene rings is 2. The summed E-state index contributed by atoms with van der Waals surface area (Å²) in [7, 11) is -2.51. The summed E-state index contributed by atoms with van der Waals surface area (Å²) in [6, 6.07) is 11.9. The molecule has 7 nitrogen and oxygen atoms in total. The largest absolute Gasteiger partial charge is 0.495 e. The second-order valence-corrected chi connectivity index (χ2v) is 10.4. The van der Waals surface area contributed by atoms with Crippen molar-refractivity contribution in [3.05, 3.63) is 58.6 Å². The zero-order valence-electron chi connectivity index (χ0n) is 18.6. The number of carbonyl (C=O) groups excluding carboxylic acids is 1. The fraction of sp³-hybridized carbons (Fsp3) is 0.435. The molecule has 0 atom stereocenters. The van der Waals surface area contributed by atoms with Gasteiger partial charge in [-0.25, -0.2) is 13.1 Å². The standard InChI is InChI=1S/C23H30ClN3O4S/c1-16(2)27-12-10-20(11-13-27)26-23(28)18-6-9-21(31-3)22(14-18)32(29,30)25-15-17-4-7-19(24)8-5-17/h4-9,14,16,20,25H,10-13,15H2,1-3H3,(H,26,28). The summed E-state index contributed by atoms with van der Waals surface area (Å²) in [5, 5.41) is 3.62. The maximum Gasteiger partial charge on any atom is 0.251 e. The smallest absolute Gasteiger partial charge is 0.251 e. The molecule has 32 heavy (non-hydrogen) atoms. The van der Waals surface area contributed by atoms with Crippen LogP contribution in [0.1, 0.15) is 42.6 Å². The van der Waals surface area contributed by atoms with Crippen molar-refractivity contribution in [2.45, 2.75) is 50.2 Å². The Labute approximate surface area is 195 Å². The first-order valence-corrected chi connectivity index (χ1v) is 12.5. The third-order valence-corrected chi connectivity index (χ3v) is 7.36. The predicted molar refractivity (Wildman–Crippen MR) is 126 cm³/mol. The molecule has 1 amide bonds. The quantitative estimate of drug-likeness (QED) is 0.605. The molecule has 1 aliphatic heterocycles. The summed E-state index contributed by atoms with van der Waals surface area (Å²) in [6.07, 6.45) is 1.74. The number of carbonyl (C=O) groups is 1. The van der Waals surface area contributed by atoms with Gasteiger partial charge in [0.1, 0.15) is 10.6 Å². The first-order chi connectivity index (χ1) is 15.2. The summed E-state index contributed by atoms with van der Waals surface area (Å²) in [5.74, 6) is -0.111. The molecular weight excluding hydrogens is 450 g/mol. The van der Waals surface area contributed by atoms with Gasteiger partial charge >= 0.3 is 0 Å². The summed E-state index contributed by atoms with van der Waals surface area (Å²) in [4.78, 5) is 15.1. The molecule has 0 bridgehead atoms. The number of piperidine rings is 1. The van der Waals surface area contributed by atoms with E-state index in [0.29, 0.717) is 11.1 Å². The molecule has 1 heterocycles. The minimum atomic E-state index is -3.91. The molecule has 2 N–H and O–H groups in total. The molecule has 0 aromatic heterocycles. The third kappa shape index (κ3) is 6.22. The van der Waals surface area contributed by atoms with Gasteiger partial charge in [-0.15, -0.1) is 0 Å². The van der Waals surface area contributed by atoms with Crippen molar-refractivity contribution in [3.63, 3.8) is 0 Å². The molecule has 1 saturated heterocycles. The Kier molecular flexibility index (Phi) is 8.16. The lowest BCUT2D eigenvalue weighted by Crippen LogP contribution is -2.46. The lowest BCUT2D eigenvalue weighted by atomic mass is 10.0. The van der Waals surface area contributed by atoms with E-state index >= 15 is 0 Å². The van der Waals surface area contributed by atoms with Crippen LogP contribution >= 0.6 is 11.6 Å². The zero-order chi connectivity index (χ0) is 23.3. The molecule has 0 unspecified atom stereocenters. The van der Waals surface area contributed by atoms with Crippen molar-refractivity contribution < 1.29 is 17.9 Å². The summed E-state index contributed by atoms with van der Waals surface area (Å²) >= 11 is 5.88. The molecule has 0 saturated carbocycles. The van der Waals surface area contributed by atoms with Gasteiger partial charge in [-0.1, -0.05) is 23.7 Å². The van der Waals surface area contributed by atoms with Crippen LogP contribution in [0.5, 0.6) is 5.75 Å². The molecule has 9 heteroatoms. The predicted octanol–water partition coefficient (Wildman–Crippen LogP) is 3.43. The van der Waals surface area contributed by atoms with Crippen LogP contribution in [0.2, 0.25) is 5.02 Å². The van der Waals surface area contributed by atoms with Crippen molar-refractivity contribution in [1.82, 2.24) is 14.9 Å². The number of halogens is 1. The van der Waals surface area contributed by atoms with E-state index in [2.05, 4.69) is 28.8 Å². The van der Waals surface area contributed by atoms with Gasteiger partial charge in [0.15, 0.2) is 0 Å². The van der Waals surface area contributed by atoms with Gasteiger partial charge in [0, 0.05) is 42.3 Å². The van der Waals surface area contributed by atoms with E-state index in [4.69, 9.17) is 16.3 Å². The normalized spacial score (nSPS) is 15.7. The second kappa shape index (κ2) is 10.7. The minimum Gasteiger partial charge on any atom is -0.495 e. The first-order valence-electron chi connectivity index (χ1n) is 10.7. The van der Waals surface area contributed by atoms with Crippen molar-refractivity contribution in [2.24, 2.45) is 0 Å². The van der Waals surface area contributed by atoms with Crippen LogP contribution in [-0.4, -0.2) is 51.5 Å². The molecule has 2 aromatic carbocycles. The lowest BCUT2D eigenvalue weighted by Gasteiger charge is -2.34. The van der Waals surface area contributed by atoms with Crippen molar-refractivity contribution in [3.8, 4) is 5.75 Å². The van der Waals surface area contributed by atoms with E-state index in [0.717, 1.165) is 31.5 Å². The zero-order valence-corrected chi connectivity index (χ0v) is 20.2. The Morgan fingerprint density at radius 3 is 2.41 bits per heavy atom. The van der Waals surface area contributed by atoms with Crippen LogP contribution in [-0.2, 0) is 16.6 Å². The van der Waals surface area contributed by atoms with Crippen molar-refractivity contribution in [2.75, 3.05) is 20.2 Å². The van der Waals surface area contributed by atoms with E-state index in [1.807, 2.05) is 0 Å². The van der Waals surface area contributed by atoms with Gasteiger partial charge in [-0.3, -0.25) is 4.79 Å². The third-order valence-electron chi connectivity index (χ3n) is 5.69. The number of hydrogen-bond acceptors (Lipinski definition) is 5. The molecule has 1 fully saturated rings. The number of hydrogen-bond donors (Lipinski definition) is 2. The Bertz CT molecular complexity index is 1030. The number of nitrogens with one attached hydrogen (secondary N) is 2. The number of amides is 1. The topological polar surface area (TPSA) is 87.7 Å². The van der Waals surface area contributed by atoms with Crippen LogP contribution in [0.25, 0.3) is 0 Å². The highest BCUT2D eigenvalue weighted by Crippen LogP contribution is 2.25. The van der Waals surface area contributed by atoms with Gasteiger partial charge in [0.2, 0.25) is 10.0 Å². The molecule has 3 rings (SSSR count). The lowest BCUT2D eigenvalue weighted by molar-refractivity contribution is 0.0900. The Hall–Kier alpha value is -2.13. The highest BCUT2D eigenvalue weighted by Gasteiger charge is 2.25. The molecule has 2 aromatic rings. The van der Waals surface area contributed by atoms with E-state index in [-0.39, 0.29) is 34.7 Å². The van der Waals surface area contributed by atoms with E-state index in [1.165, 1.54) is 19.2 Å². The van der Waals surface area contributed by atoms with Crippen molar-refractivity contribution in [1.29, 1.82) is 0 Å². The summed E-state index contributed by atoms with van der Waals surface area (Å²) < 4.78 is 33.7. The maximum atomic E-state index is 13.0. The fourth-order valence-corrected chi connectivity index (χ4v) is 5.05. The van der Waals surface area contributed by atoms with Gasteiger partial charge in [0.05, 0.1) is 7.11 Å². The molecule has 1 aliphatic rings. The average Bonchev–Trinajstić information content (AvgIpc) is 2.78. The monoisotopic (exact) mass is 479 g/mol. The highest BCUT2D eigenvalue weighted by molar-refractivity contribution is 7.89. The molecule has 0 spiro atoms. The fourth-order valence-electron chi connectivity index (χ4n) is 3.72. The number of ether oxygens (including phenoxy) is 1. The van der Waals surface area contributed by atoms with E-state index < -0.39 is 10.0 Å². The molecule has 0 aliphatic carbocycles. The van der Waals surface area contributed by atoms with Gasteiger partial charge < -0.3 is 15.0 Å². The number of rotatable bonds is 8. The van der Waals surface area contributed by atoms with E-state index in [1.54, 1.807) is 30.3 Å². The maximum absolute atomic E-state index is 13.0. The minimum absolute atomic E-state index is 0.0719. The number of nitrogens with zero attached hydrogens (tertiary/aromatic N) is 1. The van der Waals surface area contributed by atoms with Crippen LogP contribution in [0.4, 0.5) is 0 Å². The van der Waals surface area contributed by atoms with Crippen LogP contribution in [0.15, 0.2) is 47.4 Å². The first kappa shape index (κ1) is 24.5. The molecular formula is C23H30ClN3O4S. The Balaban J connectivity index is 1.71.